The topological polar surface area (TPSA) is 120 Å². The Morgan fingerprint density at radius 1 is 1.26 bits per heavy atom. The number of pyridine rings is 1. The molecular formula is C28H30N6O3S. The number of nitrogens with zero attached hydrogens (tertiary/aromatic N) is 4. The number of thiazole rings is 1. The molecule has 2 aliphatic rings. The number of hydrogen-bond acceptors (Lipinski definition) is 8. The molecule has 3 atom stereocenters. The minimum absolute atomic E-state index is 0.167. The normalized spacial score (nSPS) is 22.4. The second-order valence-electron chi connectivity index (χ2n) is 10.1. The summed E-state index contributed by atoms with van der Waals surface area (Å²) in [6.45, 7) is 7.48. The predicted molar refractivity (Wildman–Crippen MR) is 146 cm³/mol. The molecule has 0 bridgehead atoms. The summed E-state index contributed by atoms with van der Waals surface area (Å²) in [6.07, 6.45) is 3.23. The molecule has 1 aromatic carbocycles. The van der Waals surface area contributed by atoms with E-state index in [-0.39, 0.29) is 24.7 Å². The van der Waals surface area contributed by atoms with E-state index in [2.05, 4.69) is 57.6 Å². The number of rotatable bonds is 6. The number of fused-ring (bicyclic) bond motifs is 1. The second kappa shape index (κ2) is 10.5. The fourth-order valence-electron chi connectivity index (χ4n) is 5.05. The maximum Gasteiger partial charge on any atom is 0.253 e. The van der Waals surface area contributed by atoms with Crippen molar-refractivity contribution in [2.45, 2.75) is 51.2 Å². The maximum absolute atomic E-state index is 12.7. The van der Waals surface area contributed by atoms with Crippen LogP contribution in [0.3, 0.4) is 0 Å². The van der Waals surface area contributed by atoms with Crippen LogP contribution in [-0.4, -0.2) is 53.6 Å². The van der Waals surface area contributed by atoms with Crippen molar-refractivity contribution in [2.75, 3.05) is 29.9 Å². The highest BCUT2D eigenvalue weighted by molar-refractivity contribution is 7.14. The van der Waals surface area contributed by atoms with Crippen LogP contribution in [0.2, 0.25) is 0 Å². The Morgan fingerprint density at radius 3 is 2.82 bits per heavy atom. The number of ether oxygens (including phenoxy) is 1. The maximum atomic E-state index is 12.7. The van der Waals surface area contributed by atoms with Crippen LogP contribution in [-0.2, 0) is 21.4 Å². The average molecular weight is 531 g/mol. The van der Waals surface area contributed by atoms with E-state index in [1.54, 1.807) is 6.07 Å². The Morgan fingerprint density at radius 2 is 2.05 bits per heavy atom. The van der Waals surface area contributed by atoms with Crippen LogP contribution in [0.15, 0.2) is 41.9 Å². The van der Waals surface area contributed by atoms with Gasteiger partial charge in [0.15, 0.2) is 5.13 Å². The van der Waals surface area contributed by atoms with Crippen LogP contribution in [0.25, 0.3) is 11.3 Å². The molecule has 0 radical (unpaired) electrons. The molecule has 0 spiro atoms. The monoisotopic (exact) mass is 530 g/mol. The lowest BCUT2D eigenvalue weighted by atomic mass is 9.86. The van der Waals surface area contributed by atoms with Gasteiger partial charge in [-0.15, -0.1) is 11.3 Å². The van der Waals surface area contributed by atoms with E-state index in [4.69, 9.17) is 4.74 Å². The van der Waals surface area contributed by atoms with Gasteiger partial charge in [0.2, 0.25) is 5.91 Å². The molecule has 9 nitrogen and oxygen atoms in total. The number of benzene rings is 1. The van der Waals surface area contributed by atoms with Gasteiger partial charge in [0.1, 0.15) is 0 Å². The number of nitriles is 1. The Bertz CT molecular complexity index is 1410. The minimum atomic E-state index is -0.642. The first-order valence-corrected chi connectivity index (χ1v) is 13.6. The summed E-state index contributed by atoms with van der Waals surface area (Å²) in [6, 6.07) is 12.2. The Balaban J connectivity index is 1.19. The van der Waals surface area contributed by atoms with Gasteiger partial charge in [-0.3, -0.25) is 14.6 Å². The highest BCUT2D eigenvalue weighted by Crippen LogP contribution is 2.37. The number of carbonyl (C=O) groups excluding carboxylic acids is 2. The van der Waals surface area contributed by atoms with Gasteiger partial charge in [0.25, 0.3) is 5.91 Å². The molecule has 1 saturated heterocycles. The predicted octanol–water partition coefficient (Wildman–Crippen LogP) is 3.91. The summed E-state index contributed by atoms with van der Waals surface area (Å²) in [7, 11) is 0. The second-order valence-corrected chi connectivity index (χ2v) is 11.0. The molecule has 1 aliphatic carbocycles. The van der Waals surface area contributed by atoms with Gasteiger partial charge in [-0.1, -0.05) is 12.1 Å². The summed E-state index contributed by atoms with van der Waals surface area (Å²) in [5.41, 5.74) is 4.18. The molecule has 0 saturated carbocycles. The number of aryl methyl sites for hydroxylation is 1. The Hall–Kier alpha value is -3.81. The number of morpholine rings is 1. The van der Waals surface area contributed by atoms with Crippen molar-refractivity contribution in [1.29, 1.82) is 5.26 Å². The summed E-state index contributed by atoms with van der Waals surface area (Å²) >= 11 is 1.33. The fraction of sp³-hybridized carbons (Fsp3) is 0.393. The number of anilines is 2. The molecule has 38 heavy (non-hydrogen) atoms. The first-order valence-electron chi connectivity index (χ1n) is 12.7. The summed E-state index contributed by atoms with van der Waals surface area (Å²) < 4.78 is 5.85. The lowest BCUT2D eigenvalue weighted by Gasteiger charge is -2.37. The molecule has 3 heterocycles. The van der Waals surface area contributed by atoms with Gasteiger partial charge in [0.05, 0.1) is 41.5 Å². The molecule has 2 aromatic heterocycles. The number of nitrogens with one attached hydrogen (secondary N) is 2. The van der Waals surface area contributed by atoms with Gasteiger partial charge in [-0.05, 0) is 57.4 Å². The number of carbonyl (C=O) groups is 2. The van der Waals surface area contributed by atoms with Crippen LogP contribution in [0.4, 0.5) is 10.8 Å². The van der Waals surface area contributed by atoms with E-state index in [9.17, 15) is 14.9 Å². The minimum Gasteiger partial charge on any atom is -0.372 e. The summed E-state index contributed by atoms with van der Waals surface area (Å²) in [5, 5.41) is 17.3. The quantitative estimate of drug-likeness (QED) is 0.496. The van der Waals surface area contributed by atoms with Gasteiger partial charge >= 0.3 is 0 Å². The smallest absolute Gasteiger partial charge is 0.253 e. The van der Waals surface area contributed by atoms with E-state index in [0.717, 1.165) is 47.7 Å². The SMILES string of the molecule is C[C@@H]1CN(c2cccc(-c3csc(NC(=O)CNC(=O)c4cnc5c(c4)[C@@](C)(C#N)CC5)n3)c2)C[C@H](C)O1. The van der Waals surface area contributed by atoms with Gasteiger partial charge in [0, 0.05) is 41.6 Å². The summed E-state index contributed by atoms with van der Waals surface area (Å²) in [5.74, 6) is -0.786. The first-order chi connectivity index (χ1) is 18.2. The molecule has 5 rings (SSSR count). The number of aromatic nitrogens is 2. The molecule has 10 heteroatoms. The zero-order valence-corrected chi connectivity index (χ0v) is 22.5. The van der Waals surface area contributed by atoms with Crippen LogP contribution in [0, 0.1) is 11.3 Å². The first kappa shape index (κ1) is 25.8. The van der Waals surface area contributed by atoms with Gasteiger partial charge < -0.3 is 20.3 Å². The molecule has 2 amide bonds. The fourth-order valence-corrected chi connectivity index (χ4v) is 5.79. The standard InChI is InChI=1S/C28H30N6O3S/c1-17-13-34(14-18(2)37-17)21-6-4-5-19(9-21)24-15-38-27(32-24)33-25(35)12-31-26(36)20-10-22-23(30-11-20)7-8-28(22,3)16-29/h4-6,9-11,15,17-18H,7-8,12-14H2,1-3H3,(H,31,36)(H,32,33,35)/t17-,18+,28-/m1/s1. The van der Waals surface area contributed by atoms with Crippen molar-refractivity contribution < 1.29 is 14.3 Å². The zero-order valence-electron chi connectivity index (χ0n) is 21.7. The van der Waals surface area contributed by atoms with E-state index in [0.29, 0.717) is 17.1 Å². The van der Waals surface area contributed by atoms with Gasteiger partial charge in [-0.2, -0.15) is 5.26 Å². The van der Waals surface area contributed by atoms with Crippen molar-refractivity contribution in [1.82, 2.24) is 15.3 Å². The van der Waals surface area contributed by atoms with Crippen molar-refractivity contribution in [3.63, 3.8) is 0 Å². The van der Waals surface area contributed by atoms with Crippen LogP contribution in [0.5, 0.6) is 0 Å². The van der Waals surface area contributed by atoms with E-state index < -0.39 is 11.3 Å². The number of hydrogen-bond donors (Lipinski definition) is 2. The largest absolute Gasteiger partial charge is 0.372 e. The van der Waals surface area contributed by atoms with Crippen molar-refractivity contribution in [3.05, 3.63) is 58.7 Å². The lowest BCUT2D eigenvalue weighted by Crippen LogP contribution is -2.45. The van der Waals surface area contributed by atoms with Crippen LogP contribution < -0.4 is 15.5 Å². The third-order valence-corrected chi connectivity index (χ3v) is 7.78. The lowest BCUT2D eigenvalue weighted by molar-refractivity contribution is -0.115. The zero-order chi connectivity index (χ0) is 26.9. The highest BCUT2D eigenvalue weighted by atomic mass is 32.1. The Kier molecular flexibility index (Phi) is 7.15. The summed E-state index contributed by atoms with van der Waals surface area (Å²) in [4.78, 5) is 36.4. The molecule has 3 aromatic rings. The van der Waals surface area contributed by atoms with Crippen LogP contribution in [0.1, 0.15) is 48.8 Å². The molecule has 0 unspecified atom stereocenters. The van der Waals surface area contributed by atoms with Crippen LogP contribution >= 0.6 is 11.3 Å². The van der Waals surface area contributed by atoms with Gasteiger partial charge in [-0.25, -0.2) is 4.98 Å². The highest BCUT2D eigenvalue weighted by Gasteiger charge is 2.36. The molecular weight excluding hydrogens is 500 g/mol. The molecule has 1 fully saturated rings. The molecule has 2 N–H and O–H groups in total. The van der Waals surface area contributed by atoms with Crippen molar-refractivity contribution in [2.24, 2.45) is 0 Å². The van der Waals surface area contributed by atoms with Crippen molar-refractivity contribution in [3.8, 4) is 17.3 Å². The van der Waals surface area contributed by atoms with E-state index in [1.165, 1.54) is 17.5 Å². The third-order valence-electron chi connectivity index (χ3n) is 7.02. The Labute approximate surface area is 225 Å². The molecule has 196 valence electrons. The number of amides is 2. The van der Waals surface area contributed by atoms with E-state index in [1.807, 2.05) is 24.4 Å². The third kappa shape index (κ3) is 5.39. The molecule has 1 aliphatic heterocycles. The van der Waals surface area contributed by atoms with Crippen molar-refractivity contribution >= 4 is 34.0 Å². The average Bonchev–Trinajstić information content (AvgIpc) is 3.51. The van der Waals surface area contributed by atoms with E-state index >= 15 is 0 Å².